The van der Waals surface area contributed by atoms with Crippen molar-refractivity contribution in [1.29, 1.82) is 0 Å². The molecule has 1 aliphatic rings. The molecule has 0 radical (unpaired) electrons. The van der Waals surface area contributed by atoms with E-state index in [0.29, 0.717) is 25.4 Å². The first kappa shape index (κ1) is 11.9. The van der Waals surface area contributed by atoms with Crippen LogP contribution in [-0.4, -0.2) is 36.9 Å². The monoisotopic (exact) mass is 239 g/mol. The highest BCUT2D eigenvalue weighted by atomic mass is 19.1. The predicted molar refractivity (Wildman–Crippen MR) is 61.0 cm³/mol. The molecule has 1 aromatic rings. The number of carboxylic acids is 1. The second kappa shape index (κ2) is 4.71. The van der Waals surface area contributed by atoms with E-state index >= 15 is 0 Å². The summed E-state index contributed by atoms with van der Waals surface area (Å²) in [5, 5.41) is 8.75. The third-order valence-electron chi connectivity index (χ3n) is 2.88. The van der Waals surface area contributed by atoms with Gasteiger partial charge in [-0.2, -0.15) is 0 Å². The minimum Gasteiger partial charge on any atom is -0.478 e. The second-order valence-electron chi connectivity index (χ2n) is 4.09. The lowest BCUT2D eigenvalue weighted by Gasteiger charge is -2.35. The van der Waals surface area contributed by atoms with Gasteiger partial charge >= 0.3 is 5.97 Å². The fourth-order valence-corrected chi connectivity index (χ4v) is 1.97. The number of rotatable bonds is 2. The fraction of sp³-hybridized carbons (Fsp3) is 0.417. The number of morpholine rings is 1. The zero-order valence-corrected chi connectivity index (χ0v) is 9.52. The Kier molecular flexibility index (Phi) is 3.28. The number of hydrogen-bond acceptors (Lipinski definition) is 3. The van der Waals surface area contributed by atoms with Crippen LogP contribution >= 0.6 is 0 Å². The van der Waals surface area contributed by atoms with Crippen LogP contribution in [0, 0.1) is 5.82 Å². The van der Waals surface area contributed by atoms with Gasteiger partial charge in [0.1, 0.15) is 5.82 Å². The summed E-state index contributed by atoms with van der Waals surface area (Å²) in [7, 11) is 0. The van der Waals surface area contributed by atoms with E-state index in [9.17, 15) is 9.18 Å². The van der Waals surface area contributed by atoms with Crippen molar-refractivity contribution in [2.75, 3.05) is 24.7 Å². The third kappa shape index (κ3) is 2.39. The Balaban J connectivity index is 2.27. The van der Waals surface area contributed by atoms with Crippen molar-refractivity contribution >= 4 is 11.7 Å². The van der Waals surface area contributed by atoms with Crippen molar-refractivity contribution < 1.29 is 19.0 Å². The topological polar surface area (TPSA) is 49.8 Å². The van der Waals surface area contributed by atoms with Crippen molar-refractivity contribution in [2.24, 2.45) is 0 Å². The van der Waals surface area contributed by atoms with Crippen LogP contribution in [-0.2, 0) is 4.74 Å². The molecule has 0 aromatic heterocycles. The van der Waals surface area contributed by atoms with Gasteiger partial charge in [-0.25, -0.2) is 9.18 Å². The molecule has 1 saturated heterocycles. The van der Waals surface area contributed by atoms with Crippen LogP contribution in [0.2, 0.25) is 0 Å². The van der Waals surface area contributed by atoms with Crippen LogP contribution in [0.3, 0.4) is 0 Å². The molecular formula is C12H14FNO3. The summed E-state index contributed by atoms with van der Waals surface area (Å²) in [5.41, 5.74) is 0.401. The average Bonchev–Trinajstić information content (AvgIpc) is 2.29. The summed E-state index contributed by atoms with van der Waals surface area (Å²) in [6, 6.07) is 4.37. The quantitative estimate of drug-likeness (QED) is 0.854. The zero-order chi connectivity index (χ0) is 12.4. The molecule has 1 aliphatic heterocycles. The average molecular weight is 239 g/mol. The van der Waals surface area contributed by atoms with Crippen LogP contribution < -0.4 is 4.90 Å². The molecule has 1 heterocycles. The van der Waals surface area contributed by atoms with Crippen LogP contribution in [0.5, 0.6) is 0 Å². The number of carboxylic acid groups (broad SMARTS) is 1. The van der Waals surface area contributed by atoms with Crippen LogP contribution in [0.1, 0.15) is 17.3 Å². The number of aromatic carboxylic acids is 1. The Morgan fingerprint density at radius 1 is 1.59 bits per heavy atom. The SMILES string of the molecule is CC1COCCN1c1ccc(C(=O)O)c(F)c1. The Morgan fingerprint density at radius 3 is 2.94 bits per heavy atom. The summed E-state index contributed by atoms with van der Waals surface area (Å²) in [6.45, 7) is 3.88. The number of anilines is 1. The lowest BCUT2D eigenvalue weighted by atomic mass is 10.1. The maximum Gasteiger partial charge on any atom is 0.338 e. The van der Waals surface area contributed by atoms with Crippen LogP contribution in [0.15, 0.2) is 18.2 Å². The van der Waals surface area contributed by atoms with E-state index in [1.165, 1.54) is 12.1 Å². The summed E-state index contributed by atoms with van der Waals surface area (Å²) in [4.78, 5) is 12.7. The van der Waals surface area contributed by atoms with E-state index in [1.54, 1.807) is 6.07 Å². The molecule has 1 fully saturated rings. The minimum atomic E-state index is -1.25. The van der Waals surface area contributed by atoms with Crippen molar-refractivity contribution in [3.05, 3.63) is 29.6 Å². The molecule has 0 spiro atoms. The molecule has 1 aromatic carbocycles. The smallest absolute Gasteiger partial charge is 0.338 e. The second-order valence-corrected chi connectivity index (χ2v) is 4.09. The molecule has 1 atom stereocenters. The largest absolute Gasteiger partial charge is 0.478 e. The molecule has 4 nitrogen and oxygen atoms in total. The molecule has 2 rings (SSSR count). The first-order valence-corrected chi connectivity index (χ1v) is 5.47. The number of carbonyl (C=O) groups is 1. The van der Waals surface area contributed by atoms with E-state index in [0.717, 1.165) is 0 Å². The van der Waals surface area contributed by atoms with Gasteiger partial charge in [0.25, 0.3) is 0 Å². The van der Waals surface area contributed by atoms with E-state index in [4.69, 9.17) is 9.84 Å². The number of nitrogens with zero attached hydrogens (tertiary/aromatic N) is 1. The highest BCUT2D eigenvalue weighted by molar-refractivity contribution is 5.88. The molecule has 1 N–H and O–H groups in total. The molecule has 0 bridgehead atoms. The van der Waals surface area contributed by atoms with Crippen LogP contribution in [0.4, 0.5) is 10.1 Å². The molecule has 1 unspecified atom stereocenters. The maximum absolute atomic E-state index is 13.5. The van der Waals surface area contributed by atoms with Gasteiger partial charge in [0.05, 0.1) is 18.8 Å². The van der Waals surface area contributed by atoms with Crippen molar-refractivity contribution in [2.45, 2.75) is 13.0 Å². The molecule has 92 valence electrons. The lowest BCUT2D eigenvalue weighted by Crippen LogP contribution is -2.43. The van der Waals surface area contributed by atoms with E-state index in [1.807, 2.05) is 11.8 Å². The van der Waals surface area contributed by atoms with Crippen LogP contribution in [0.25, 0.3) is 0 Å². The molecule has 0 aliphatic carbocycles. The molecular weight excluding hydrogens is 225 g/mol. The van der Waals surface area contributed by atoms with Gasteiger partial charge in [0, 0.05) is 18.3 Å². The van der Waals surface area contributed by atoms with Gasteiger partial charge < -0.3 is 14.7 Å². The third-order valence-corrected chi connectivity index (χ3v) is 2.88. The predicted octanol–water partition coefficient (Wildman–Crippen LogP) is 1.75. The Hall–Kier alpha value is -1.62. The van der Waals surface area contributed by atoms with E-state index in [2.05, 4.69) is 0 Å². The van der Waals surface area contributed by atoms with Crippen molar-refractivity contribution in [3.63, 3.8) is 0 Å². The van der Waals surface area contributed by atoms with Gasteiger partial charge in [0.15, 0.2) is 0 Å². The van der Waals surface area contributed by atoms with Gasteiger partial charge in [-0.05, 0) is 25.1 Å². The Morgan fingerprint density at radius 2 is 2.35 bits per heavy atom. The molecule has 5 heteroatoms. The standard InChI is InChI=1S/C12H14FNO3/c1-8-7-17-5-4-14(8)9-2-3-10(12(15)16)11(13)6-9/h2-3,6,8H,4-5,7H2,1H3,(H,15,16). The number of benzene rings is 1. The van der Waals surface area contributed by atoms with Gasteiger partial charge in [-0.1, -0.05) is 0 Å². The molecule has 0 amide bonds. The van der Waals surface area contributed by atoms with Gasteiger partial charge in [0.2, 0.25) is 0 Å². The number of halogens is 1. The van der Waals surface area contributed by atoms with Crippen molar-refractivity contribution in [3.8, 4) is 0 Å². The summed E-state index contributed by atoms with van der Waals surface area (Å²) < 4.78 is 18.8. The number of ether oxygens (including phenoxy) is 1. The molecule has 0 saturated carbocycles. The normalized spacial score (nSPS) is 20.4. The maximum atomic E-state index is 13.5. The highest BCUT2D eigenvalue weighted by Gasteiger charge is 2.20. The van der Waals surface area contributed by atoms with Gasteiger partial charge in [-0.15, -0.1) is 0 Å². The highest BCUT2D eigenvalue weighted by Crippen LogP contribution is 2.22. The molecule has 17 heavy (non-hydrogen) atoms. The summed E-state index contributed by atoms with van der Waals surface area (Å²) in [6.07, 6.45) is 0. The number of hydrogen-bond donors (Lipinski definition) is 1. The summed E-state index contributed by atoms with van der Waals surface area (Å²) >= 11 is 0. The lowest BCUT2D eigenvalue weighted by molar-refractivity contribution is 0.0692. The first-order valence-electron chi connectivity index (χ1n) is 5.47. The Bertz CT molecular complexity index is 436. The van der Waals surface area contributed by atoms with E-state index < -0.39 is 11.8 Å². The van der Waals surface area contributed by atoms with E-state index in [-0.39, 0.29) is 11.6 Å². The van der Waals surface area contributed by atoms with Gasteiger partial charge in [-0.3, -0.25) is 0 Å². The summed E-state index contributed by atoms with van der Waals surface area (Å²) in [5.74, 6) is -1.95. The Labute approximate surface area is 98.6 Å². The minimum absolute atomic E-state index is 0.166. The fourth-order valence-electron chi connectivity index (χ4n) is 1.97. The first-order chi connectivity index (χ1) is 8.09. The van der Waals surface area contributed by atoms with Crippen molar-refractivity contribution in [1.82, 2.24) is 0 Å². The zero-order valence-electron chi connectivity index (χ0n) is 9.52.